The summed E-state index contributed by atoms with van der Waals surface area (Å²) in [5.41, 5.74) is 2.69. The Bertz CT molecular complexity index is 338. The molecule has 2 heteroatoms. The molecular formula is C12H18N2. The molecule has 0 fully saturated rings. The lowest BCUT2D eigenvalue weighted by Crippen LogP contribution is -2.36. The number of fused-ring (bicyclic) bond motifs is 1. The van der Waals surface area contributed by atoms with Crippen molar-refractivity contribution in [2.45, 2.75) is 26.9 Å². The first-order valence-corrected chi connectivity index (χ1v) is 5.21. The van der Waals surface area contributed by atoms with Gasteiger partial charge in [0.2, 0.25) is 0 Å². The summed E-state index contributed by atoms with van der Waals surface area (Å²) in [7, 11) is 1.98. The van der Waals surface area contributed by atoms with Gasteiger partial charge in [-0.05, 0) is 19.5 Å². The van der Waals surface area contributed by atoms with Crippen LogP contribution in [-0.4, -0.2) is 18.9 Å². The van der Waals surface area contributed by atoms with Crippen molar-refractivity contribution in [2.75, 3.05) is 7.05 Å². The maximum Gasteiger partial charge on any atom is 0.103 e. The molecule has 14 heavy (non-hydrogen) atoms. The minimum atomic E-state index is 0.131. The summed E-state index contributed by atoms with van der Waals surface area (Å²) in [6, 6.07) is 0. The van der Waals surface area contributed by atoms with Crippen molar-refractivity contribution < 1.29 is 0 Å². The monoisotopic (exact) mass is 190 g/mol. The van der Waals surface area contributed by atoms with Crippen LogP contribution in [0.5, 0.6) is 0 Å². The van der Waals surface area contributed by atoms with Gasteiger partial charge in [0.05, 0.1) is 0 Å². The summed E-state index contributed by atoms with van der Waals surface area (Å²) in [5, 5.41) is 3.27. The lowest BCUT2D eigenvalue weighted by Gasteiger charge is -2.31. The fraction of sp³-hybridized carbons (Fsp3) is 0.583. The fourth-order valence-corrected chi connectivity index (χ4v) is 2.48. The van der Waals surface area contributed by atoms with Crippen molar-refractivity contribution in [3.05, 3.63) is 23.8 Å². The highest BCUT2D eigenvalue weighted by molar-refractivity contribution is 6.07. The molecule has 0 saturated carbocycles. The molecule has 1 aliphatic carbocycles. The second-order valence-corrected chi connectivity index (χ2v) is 4.49. The zero-order valence-corrected chi connectivity index (χ0v) is 9.33. The van der Waals surface area contributed by atoms with Gasteiger partial charge in [-0.1, -0.05) is 32.1 Å². The molecule has 0 spiro atoms. The topological polar surface area (TPSA) is 24.4 Å². The Morgan fingerprint density at radius 1 is 1.50 bits per heavy atom. The van der Waals surface area contributed by atoms with E-state index in [1.165, 1.54) is 11.3 Å². The lowest BCUT2D eigenvalue weighted by atomic mass is 9.71. The Balaban J connectivity index is 2.45. The van der Waals surface area contributed by atoms with E-state index in [1.807, 2.05) is 7.05 Å². The molecule has 3 unspecified atom stereocenters. The Morgan fingerprint density at radius 2 is 2.21 bits per heavy atom. The van der Waals surface area contributed by atoms with Crippen molar-refractivity contribution in [1.29, 1.82) is 0 Å². The van der Waals surface area contributed by atoms with Crippen molar-refractivity contribution in [1.82, 2.24) is 5.32 Å². The van der Waals surface area contributed by atoms with Crippen molar-refractivity contribution in [2.24, 2.45) is 16.3 Å². The SMILES string of the molecule is CNC1N=C2C(C)=CC=CC2(C)C1C. The Kier molecular flexibility index (Phi) is 2.11. The summed E-state index contributed by atoms with van der Waals surface area (Å²) in [6.07, 6.45) is 6.84. The van der Waals surface area contributed by atoms with Gasteiger partial charge < -0.3 is 0 Å². The zero-order chi connectivity index (χ0) is 10.3. The predicted octanol–water partition coefficient (Wildman–Crippen LogP) is 2.15. The molecule has 2 nitrogen and oxygen atoms in total. The lowest BCUT2D eigenvalue weighted by molar-refractivity contribution is 0.327. The van der Waals surface area contributed by atoms with Gasteiger partial charge in [-0.3, -0.25) is 10.3 Å². The first-order chi connectivity index (χ1) is 6.59. The molecule has 0 amide bonds. The first kappa shape index (κ1) is 9.66. The van der Waals surface area contributed by atoms with E-state index in [9.17, 15) is 0 Å². The third-order valence-electron chi connectivity index (χ3n) is 3.66. The molecule has 1 heterocycles. The van der Waals surface area contributed by atoms with E-state index in [0.29, 0.717) is 5.92 Å². The van der Waals surface area contributed by atoms with Crippen LogP contribution in [0.25, 0.3) is 0 Å². The van der Waals surface area contributed by atoms with Crippen LogP contribution < -0.4 is 5.32 Å². The quantitative estimate of drug-likeness (QED) is 0.673. The van der Waals surface area contributed by atoms with Crippen molar-refractivity contribution in [3.63, 3.8) is 0 Å². The predicted molar refractivity (Wildman–Crippen MR) is 60.5 cm³/mol. The number of hydrogen-bond donors (Lipinski definition) is 1. The van der Waals surface area contributed by atoms with Gasteiger partial charge >= 0.3 is 0 Å². The fourth-order valence-electron chi connectivity index (χ4n) is 2.48. The largest absolute Gasteiger partial charge is 0.299 e. The van der Waals surface area contributed by atoms with Crippen LogP contribution in [0.2, 0.25) is 0 Å². The van der Waals surface area contributed by atoms with Crippen LogP contribution in [0.3, 0.4) is 0 Å². The van der Waals surface area contributed by atoms with Crippen LogP contribution in [0.15, 0.2) is 28.8 Å². The highest BCUT2D eigenvalue weighted by atomic mass is 15.1. The normalized spacial score (nSPS) is 40.6. The molecule has 0 aromatic rings. The minimum Gasteiger partial charge on any atom is -0.299 e. The summed E-state index contributed by atoms with van der Waals surface area (Å²) < 4.78 is 0. The van der Waals surface area contributed by atoms with Gasteiger partial charge in [0, 0.05) is 17.0 Å². The van der Waals surface area contributed by atoms with E-state index in [1.54, 1.807) is 0 Å². The molecule has 1 N–H and O–H groups in total. The van der Waals surface area contributed by atoms with Gasteiger partial charge in [-0.25, -0.2) is 0 Å². The van der Waals surface area contributed by atoms with E-state index in [0.717, 1.165) is 0 Å². The smallest absolute Gasteiger partial charge is 0.103 e. The molecule has 0 aromatic carbocycles. The number of hydrogen-bond acceptors (Lipinski definition) is 2. The molecule has 2 aliphatic rings. The Hall–Kier alpha value is -0.890. The molecule has 2 rings (SSSR count). The molecular weight excluding hydrogens is 172 g/mol. The first-order valence-electron chi connectivity index (χ1n) is 5.21. The summed E-state index contributed by atoms with van der Waals surface area (Å²) in [5.74, 6) is 0.530. The maximum atomic E-state index is 4.75. The standard InChI is InChI=1S/C12H18N2/c1-8-6-5-7-12(3)9(2)11(13-4)14-10(8)12/h5-7,9,11,13H,1-4H3. The average Bonchev–Trinajstić information content (AvgIpc) is 2.41. The van der Waals surface area contributed by atoms with Gasteiger partial charge in [-0.2, -0.15) is 0 Å². The molecule has 0 radical (unpaired) electrons. The van der Waals surface area contributed by atoms with Gasteiger partial charge in [0.25, 0.3) is 0 Å². The highest BCUT2D eigenvalue weighted by Gasteiger charge is 2.44. The second kappa shape index (κ2) is 3.06. The van der Waals surface area contributed by atoms with E-state index in [-0.39, 0.29) is 11.6 Å². The summed E-state index contributed by atoms with van der Waals surface area (Å²) in [6.45, 7) is 6.69. The second-order valence-electron chi connectivity index (χ2n) is 4.49. The van der Waals surface area contributed by atoms with Crippen molar-refractivity contribution >= 4 is 5.71 Å². The highest BCUT2D eigenvalue weighted by Crippen LogP contribution is 2.43. The third-order valence-corrected chi connectivity index (χ3v) is 3.66. The molecule has 0 saturated heterocycles. The van der Waals surface area contributed by atoms with E-state index in [2.05, 4.69) is 44.3 Å². The summed E-state index contributed by atoms with van der Waals surface area (Å²) in [4.78, 5) is 4.75. The van der Waals surface area contributed by atoms with E-state index >= 15 is 0 Å². The van der Waals surface area contributed by atoms with Crippen LogP contribution in [0, 0.1) is 11.3 Å². The number of rotatable bonds is 1. The van der Waals surface area contributed by atoms with Crippen LogP contribution in [0.1, 0.15) is 20.8 Å². The van der Waals surface area contributed by atoms with Crippen LogP contribution >= 0.6 is 0 Å². The van der Waals surface area contributed by atoms with Crippen molar-refractivity contribution in [3.8, 4) is 0 Å². The van der Waals surface area contributed by atoms with Gasteiger partial charge in [0.15, 0.2) is 0 Å². The van der Waals surface area contributed by atoms with Gasteiger partial charge in [0.1, 0.15) is 6.17 Å². The van der Waals surface area contributed by atoms with Crippen LogP contribution in [0.4, 0.5) is 0 Å². The minimum absolute atomic E-state index is 0.131. The van der Waals surface area contributed by atoms with Gasteiger partial charge in [-0.15, -0.1) is 0 Å². The third kappa shape index (κ3) is 1.10. The number of nitrogens with zero attached hydrogens (tertiary/aromatic N) is 1. The number of aliphatic imine (C=N–C) groups is 1. The maximum absolute atomic E-state index is 4.75. The van der Waals surface area contributed by atoms with E-state index in [4.69, 9.17) is 4.99 Å². The molecule has 76 valence electrons. The van der Waals surface area contributed by atoms with E-state index < -0.39 is 0 Å². The average molecular weight is 190 g/mol. The Morgan fingerprint density at radius 3 is 2.79 bits per heavy atom. The Labute approximate surface area is 85.8 Å². The number of nitrogens with one attached hydrogen (secondary N) is 1. The molecule has 3 atom stereocenters. The molecule has 0 bridgehead atoms. The molecule has 0 aromatic heterocycles. The molecule has 1 aliphatic heterocycles. The van der Waals surface area contributed by atoms with Crippen LogP contribution in [-0.2, 0) is 0 Å². The zero-order valence-electron chi connectivity index (χ0n) is 9.33. The summed E-state index contributed by atoms with van der Waals surface area (Å²) >= 11 is 0. The number of allylic oxidation sites excluding steroid dienone is 4.